The normalized spacial score (nSPS) is 11.2. The van der Waals surface area contributed by atoms with Crippen molar-refractivity contribution in [2.45, 2.75) is 12.8 Å². The summed E-state index contributed by atoms with van der Waals surface area (Å²) in [7, 11) is 3.65. The lowest BCUT2D eigenvalue weighted by Crippen LogP contribution is -2.09. The second-order valence-electron chi connectivity index (χ2n) is 3.91. The van der Waals surface area contributed by atoms with E-state index in [2.05, 4.69) is 0 Å². The van der Waals surface area contributed by atoms with Crippen LogP contribution >= 0.6 is 0 Å². The molecule has 0 bridgehead atoms. The van der Waals surface area contributed by atoms with Crippen molar-refractivity contribution in [1.82, 2.24) is 4.90 Å². The lowest BCUT2D eigenvalue weighted by molar-refractivity contribution is -0.132. The molecule has 0 fully saturated rings. The molecule has 1 aromatic carbocycles. The van der Waals surface area contributed by atoms with Gasteiger partial charge in [-0.15, -0.1) is 0 Å². The number of carboxylic acids is 1. The van der Waals surface area contributed by atoms with E-state index in [1.165, 1.54) is 0 Å². The minimum Gasteiger partial charge on any atom is -0.478 e. The molecule has 0 heterocycles. The van der Waals surface area contributed by atoms with Crippen molar-refractivity contribution in [1.29, 1.82) is 0 Å². The molecule has 1 rings (SSSR count). The van der Waals surface area contributed by atoms with E-state index in [1.807, 2.05) is 44.4 Å². The van der Waals surface area contributed by atoms with E-state index in [1.54, 1.807) is 11.1 Å². The first-order valence-electron chi connectivity index (χ1n) is 5.24. The first-order chi connectivity index (χ1) is 7.59. The van der Waals surface area contributed by atoms with Crippen LogP contribution in [0, 0.1) is 0 Å². The molecular formula is C13H17NO2. The average molecular weight is 219 g/mol. The van der Waals surface area contributed by atoms with Crippen LogP contribution in [-0.2, 0) is 11.2 Å². The molecular weight excluding hydrogens is 202 g/mol. The van der Waals surface area contributed by atoms with Crippen LogP contribution in [0.5, 0.6) is 0 Å². The number of aliphatic carboxylic acids is 1. The Bertz CT molecular complexity index is 369. The van der Waals surface area contributed by atoms with E-state index in [-0.39, 0.29) is 0 Å². The quantitative estimate of drug-likeness (QED) is 0.771. The lowest BCUT2D eigenvalue weighted by Gasteiger charge is -2.08. The van der Waals surface area contributed by atoms with E-state index in [0.717, 1.165) is 12.0 Å². The van der Waals surface area contributed by atoms with Gasteiger partial charge in [-0.2, -0.15) is 0 Å². The molecule has 86 valence electrons. The fourth-order valence-electron chi connectivity index (χ4n) is 1.46. The minimum absolute atomic E-state index is 0.439. The molecule has 0 saturated heterocycles. The molecule has 0 aromatic heterocycles. The van der Waals surface area contributed by atoms with E-state index < -0.39 is 5.97 Å². The zero-order valence-electron chi connectivity index (χ0n) is 9.68. The number of carboxylic acid groups (broad SMARTS) is 1. The van der Waals surface area contributed by atoms with Crippen LogP contribution < -0.4 is 0 Å². The van der Waals surface area contributed by atoms with Gasteiger partial charge in [-0.1, -0.05) is 30.3 Å². The van der Waals surface area contributed by atoms with E-state index in [0.29, 0.717) is 12.0 Å². The second kappa shape index (κ2) is 5.95. The summed E-state index contributed by atoms with van der Waals surface area (Å²) in [6, 6.07) is 9.90. The van der Waals surface area contributed by atoms with Gasteiger partial charge in [-0.3, -0.25) is 0 Å². The third-order valence-electron chi connectivity index (χ3n) is 2.21. The fraction of sp³-hybridized carbons (Fsp3) is 0.308. The topological polar surface area (TPSA) is 40.5 Å². The Morgan fingerprint density at radius 2 is 1.94 bits per heavy atom. The molecule has 0 spiro atoms. The average Bonchev–Trinajstić information content (AvgIpc) is 2.25. The van der Waals surface area contributed by atoms with Gasteiger partial charge < -0.3 is 10.0 Å². The zero-order chi connectivity index (χ0) is 12.0. The van der Waals surface area contributed by atoms with Gasteiger partial charge in [0.15, 0.2) is 0 Å². The molecule has 1 aromatic rings. The fourth-order valence-corrected chi connectivity index (χ4v) is 1.46. The summed E-state index contributed by atoms with van der Waals surface area (Å²) in [4.78, 5) is 12.7. The molecule has 0 aliphatic carbocycles. The van der Waals surface area contributed by atoms with E-state index >= 15 is 0 Å². The van der Waals surface area contributed by atoms with Crippen LogP contribution in [0.15, 0.2) is 42.1 Å². The number of benzene rings is 1. The summed E-state index contributed by atoms with van der Waals surface area (Å²) in [6.45, 7) is 0. The van der Waals surface area contributed by atoms with Crippen LogP contribution in [0.2, 0.25) is 0 Å². The van der Waals surface area contributed by atoms with Crippen molar-refractivity contribution in [2.75, 3.05) is 14.1 Å². The van der Waals surface area contributed by atoms with E-state index in [9.17, 15) is 4.79 Å². The number of hydrogen-bond acceptors (Lipinski definition) is 2. The summed E-state index contributed by atoms with van der Waals surface area (Å²) in [6.07, 6.45) is 2.97. The van der Waals surface area contributed by atoms with E-state index in [4.69, 9.17) is 5.11 Å². The molecule has 0 radical (unpaired) electrons. The molecule has 0 unspecified atom stereocenters. The number of nitrogens with zero attached hydrogens (tertiary/aromatic N) is 1. The van der Waals surface area contributed by atoms with Gasteiger partial charge in [0.2, 0.25) is 0 Å². The molecule has 1 N–H and O–H groups in total. The Balaban J connectivity index is 2.61. The molecule has 0 aliphatic heterocycles. The highest BCUT2D eigenvalue weighted by Crippen LogP contribution is 2.09. The first-order valence-corrected chi connectivity index (χ1v) is 5.24. The van der Waals surface area contributed by atoms with Crippen molar-refractivity contribution in [3.05, 3.63) is 47.7 Å². The number of rotatable bonds is 5. The lowest BCUT2D eigenvalue weighted by atomic mass is 10.1. The highest BCUT2D eigenvalue weighted by Gasteiger charge is 2.07. The Kier molecular flexibility index (Phi) is 4.58. The Labute approximate surface area is 96.0 Å². The molecule has 3 nitrogen and oxygen atoms in total. The molecule has 0 amide bonds. The maximum Gasteiger partial charge on any atom is 0.333 e. The molecule has 0 aliphatic rings. The van der Waals surface area contributed by atoms with Gasteiger partial charge in [-0.05, 0) is 18.4 Å². The standard InChI is InChI=1S/C13H17NO2/c1-14(2)10-12(13(15)16)9-8-11-6-4-3-5-7-11/h3-7,10H,8-9H2,1-2H3,(H,15,16)/b12-10-. The number of hydrogen-bond donors (Lipinski definition) is 1. The summed E-state index contributed by atoms with van der Waals surface area (Å²) in [5.41, 5.74) is 1.60. The Hall–Kier alpha value is -1.77. The largest absolute Gasteiger partial charge is 0.478 e. The summed E-state index contributed by atoms with van der Waals surface area (Å²) >= 11 is 0. The van der Waals surface area contributed by atoms with Crippen LogP contribution in [0.3, 0.4) is 0 Å². The maximum absolute atomic E-state index is 11.0. The smallest absolute Gasteiger partial charge is 0.333 e. The summed E-state index contributed by atoms with van der Waals surface area (Å²) in [5.74, 6) is -0.843. The minimum atomic E-state index is -0.843. The highest BCUT2D eigenvalue weighted by atomic mass is 16.4. The van der Waals surface area contributed by atoms with Gasteiger partial charge in [0.1, 0.15) is 0 Å². The molecule has 3 heteroatoms. The van der Waals surface area contributed by atoms with Crippen molar-refractivity contribution in [3.63, 3.8) is 0 Å². The maximum atomic E-state index is 11.0. The molecule has 16 heavy (non-hydrogen) atoms. The van der Waals surface area contributed by atoms with Gasteiger partial charge in [0.05, 0.1) is 5.57 Å². The summed E-state index contributed by atoms with van der Waals surface area (Å²) < 4.78 is 0. The predicted octanol–water partition coefficient (Wildman–Crippen LogP) is 2.15. The van der Waals surface area contributed by atoms with Crippen LogP contribution in [-0.4, -0.2) is 30.1 Å². The SMILES string of the molecule is CN(C)/C=C(/CCc1ccccc1)C(=O)O. The monoisotopic (exact) mass is 219 g/mol. The number of carbonyl (C=O) groups is 1. The molecule has 0 atom stereocenters. The van der Waals surface area contributed by atoms with Crippen molar-refractivity contribution in [3.8, 4) is 0 Å². The van der Waals surface area contributed by atoms with Crippen LogP contribution in [0.4, 0.5) is 0 Å². The van der Waals surface area contributed by atoms with Crippen LogP contribution in [0.1, 0.15) is 12.0 Å². The van der Waals surface area contributed by atoms with Gasteiger partial charge in [0.25, 0.3) is 0 Å². The zero-order valence-corrected chi connectivity index (χ0v) is 9.68. The molecule has 0 saturated carbocycles. The Morgan fingerprint density at radius 3 is 2.44 bits per heavy atom. The van der Waals surface area contributed by atoms with Crippen molar-refractivity contribution in [2.24, 2.45) is 0 Å². The Morgan fingerprint density at radius 1 is 1.31 bits per heavy atom. The third kappa shape index (κ3) is 4.17. The second-order valence-corrected chi connectivity index (χ2v) is 3.91. The number of aryl methyl sites for hydroxylation is 1. The highest BCUT2D eigenvalue weighted by molar-refractivity contribution is 5.86. The third-order valence-corrected chi connectivity index (χ3v) is 2.21. The van der Waals surface area contributed by atoms with Crippen molar-refractivity contribution >= 4 is 5.97 Å². The predicted molar refractivity (Wildman–Crippen MR) is 64.2 cm³/mol. The van der Waals surface area contributed by atoms with Gasteiger partial charge in [-0.25, -0.2) is 4.79 Å². The van der Waals surface area contributed by atoms with Crippen LogP contribution in [0.25, 0.3) is 0 Å². The first kappa shape index (κ1) is 12.3. The summed E-state index contributed by atoms with van der Waals surface area (Å²) in [5, 5.41) is 9.01. The van der Waals surface area contributed by atoms with Gasteiger partial charge in [0, 0.05) is 20.3 Å². The van der Waals surface area contributed by atoms with Gasteiger partial charge >= 0.3 is 5.97 Å². The van der Waals surface area contributed by atoms with Crippen molar-refractivity contribution < 1.29 is 9.90 Å².